The maximum atomic E-state index is 13.4. The molecule has 0 aliphatic rings. The van der Waals surface area contributed by atoms with Gasteiger partial charge in [0.1, 0.15) is 12.6 Å². The molecular weight excluding hydrogens is 426 g/mol. The molecule has 0 bridgehead atoms. The zero-order chi connectivity index (χ0) is 23.9. The van der Waals surface area contributed by atoms with Crippen molar-refractivity contribution in [3.63, 3.8) is 0 Å². The molecule has 7 nitrogen and oxygen atoms in total. The molecule has 0 spiro atoms. The third-order valence-electron chi connectivity index (χ3n) is 5.38. The van der Waals surface area contributed by atoms with Crippen molar-refractivity contribution in [3.05, 3.63) is 65.2 Å². The Hall–Kier alpha value is -2.87. The van der Waals surface area contributed by atoms with Gasteiger partial charge in [-0.3, -0.25) is 13.9 Å². The van der Waals surface area contributed by atoms with Crippen LogP contribution >= 0.6 is 0 Å². The normalized spacial score (nSPS) is 12.2. The number of likely N-dealkylation sites (N-methyl/N-ethyl adjacent to an activating group) is 1. The standard InChI is InChI=1S/C24H33N3O4S/c1-6-19-11-13-21(14-12-19)27(32(5,30)31)17-23(28)26(22(7-2)24(29)25-4)16-20-10-8-9-18(3)15-20/h8-15,22H,6-7,16-17H2,1-5H3,(H,25,29). The lowest BCUT2D eigenvalue weighted by Crippen LogP contribution is -2.51. The Labute approximate surface area is 191 Å². The maximum absolute atomic E-state index is 13.4. The molecule has 0 radical (unpaired) electrons. The fourth-order valence-electron chi connectivity index (χ4n) is 3.60. The molecule has 0 aliphatic heterocycles. The second-order valence-electron chi connectivity index (χ2n) is 7.84. The molecular formula is C24H33N3O4S. The van der Waals surface area contributed by atoms with Crippen LogP contribution in [-0.4, -0.2) is 51.0 Å². The number of carbonyl (C=O) groups is 2. The van der Waals surface area contributed by atoms with E-state index in [0.717, 1.165) is 33.7 Å². The van der Waals surface area contributed by atoms with E-state index >= 15 is 0 Å². The van der Waals surface area contributed by atoms with Gasteiger partial charge in [-0.25, -0.2) is 8.42 Å². The number of aryl methyl sites for hydroxylation is 2. The van der Waals surface area contributed by atoms with Crippen LogP contribution in [0.3, 0.4) is 0 Å². The van der Waals surface area contributed by atoms with Crippen molar-refractivity contribution in [1.82, 2.24) is 10.2 Å². The van der Waals surface area contributed by atoms with Crippen LogP contribution < -0.4 is 9.62 Å². The minimum Gasteiger partial charge on any atom is -0.357 e. The summed E-state index contributed by atoms with van der Waals surface area (Å²) < 4.78 is 26.2. The number of hydrogen-bond acceptors (Lipinski definition) is 4. The summed E-state index contributed by atoms with van der Waals surface area (Å²) in [5, 5.41) is 2.61. The van der Waals surface area contributed by atoms with Crippen LogP contribution in [0.25, 0.3) is 0 Å². The Kier molecular flexibility index (Phi) is 8.83. The molecule has 0 saturated heterocycles. The summed E-state index contributed by atoms with van der Waals surface area (Å²) >= 11 is 0. The van der Waals surface area contributed by atoms with Gasteiger partial charge in [-0.05, 0) is 43.0 Å². The van der Waals surface area contributed by atoms with Crippen LogP contribution in [0, 0.1) is 6.92 Å². The van der Waals surface area contributed by atoms with Gasteiger partial charge >= 0.3 is 0 Å². The number of sulfonamides is 1. The lowest BCUT2D eigenvalue weighted by atomic mass is 10.1. The molecule has 1 N–H and O–H groups in total. The molecule has 0 aromatic heterocycles. The van der Waals surface area contributed by atoms with E-state index in [1.807, 2.05) is 57.2 Å². The molecule has 32 heavy (non-hydrogen) atoms. The van der Waals surface area contributed by atoms with Crippen molar-refractivity contribution < 1.29 is 18.0 Å². The van der Waals surface area contributed by atoms with Gasteiger partial charge in [-0.2, -0.15) is 0 Å². The van der Waals surface area contributed by atoms with Gasteiger partial charge in [0.2, 0.25) is 21.8 Å². The minimum absolute atomic E-state index is 0.207. The Bertz CT molecular complexity index is 1040. The van der Waals surface area contributed by atoms with Crippen molar-refractivity contribution in [2.45, 2.75) is 46.2 Å². The van der Waals surface area contributed by atoms with Gasteiger partial charge in [-0.15, -0.1) is 0 Å². The molecule has 2 amide bonds. The minimum atomic E-state index is -3.72. The van der Waals surface area contributed by atoms with E-state index in [0.29, 0.717) is 12.1 Å². The largest absolute Gasteiger partial charge is 0.357 e. The van der Waals surface area contributed by atoms with Crippen LogP contribution in [0.4, 0.5) is 5.69 Å². The topological polar surface area (TPSA) is 86.8 Å². The third kappa shape index (κ3) is 6.56. The molecule has 1 atom stereocenters. The van der Waals surface area contributed by atoms with Gasteiger partial charge < -0.3 is 10.2 Å². The van der Waals surface area contributed by atoms with E-state index in [-0.39, 0.29) is 19.0 Å². The number of carbonyl (C=O) groups excluding carboxylic acids is 2. The average molecular weight is 460 g/mol. The van der Waals surface area contributed by atoms with Gasteiger partial charge in [-0.1, -0.05) is 55.8 Å². The van der Waals surface area contributed by atoms with Crippen LogP contribution in [0.15, 0.2) is 48.5 Å². The highest BCUT2D eigenvalue weighted by atomic mass is 32.2. The highest BCUT2D eigenvalue weighted by Crippen LogP contribution is 2.21. The fourth-order valence-corrected chi connectivity index (χ4v) is 4.45. The van der Waals surface area contributed by atoms with Gasteiger partial charge in [0.25, 0.3) is 0 Å². The van der Waals surface area contributed by atoms with Gasteiger partial charge in [0.05, 0.1) is 11.9 Å². The Morgan fingerprint density at radius 3 is 2.19 bits per heavy atom. The molecule has 174 valence electrons. The molecule has 1 unspecified atom stereocenters. The fraction of sp³-hybridized carbons (Fsp3) is 0.417. The van der Waals surface area contributed by atoms with Crippen LogP contribution in [0.5, 0.6) is 0 Å². The van der Waals surface area contributed by atoms with Gasteiger partial charge in [0, 0.05) is 13.6 Å². The number of nitrogens with one attached hydrogen (secondary N) is 1. The molecule has 2 aromatic rings. The number of amides is 2. The first-order chi connectivity index (χ1) is 15.1. The molecule has 0 heterocycles. The highest BCUT2D eigenvalue weighted by Gasteiger charge is 2.31. The number of nitrogens with zero attached hydrogens (tertiary/aromatic N) is 2. The second kappa shape index (κ2) is 11.1. The van der Waals surface area contributed by atoms with Crippen LogP contribution in [-0.2, 0) is 32.6 Å². The highest BCUT2D eigenvalue weighted by molar-refractivity contribution is 7.92. The van der Waals surface area contributed by atoms with Crippen molar-refractivity contribution in [3.8, 4) is 0 Å². The summed E-state index contributed by atoms with van der Waals surface area (Å²) in [6.07, 6.45) is 2.31. The summed E-state index contributed by atoms with van der Waals surface area (Å²) in [6.45, 7) is 5.62. The number of rotatable bonds is 10. The summed E-state index contributed by atoms with van der Waals surface area (Å²) in [5.74, 6) is -0.723. The van der Waals surface area contributed by atoms with E-state index < -0.39 is 22.0 Å². The van der Waals surface area contributed by atoms with E-state index in [2.05, 4.69) is 5.32 Å². The third-order valence-corrected chi connectivity index (χ3v) is 6.52. The average Bonchev–Trinajstić information content (AvgIpc) is 2.76. The maximum Gasteiger partial charge on any atom is 0.244 e. The first-order valence-electron chi connectivity index (χ1n) is 10.7. The molecule has 0 saturated carbocycles. The predicted octanol–water partition coefficient (Wildman–Crippen LogP) is 2.88. The number of benzene rings is 2. The van der Waals surface area contributed by atoms with Gasteiger partial charge in [0.15, 0.2) is 0 Å². The van der Waals surface area contributed by atoms with Crippen LogP contribution in [0.2, 0.25) is 0 Å². The van der Waals surface area contributed by atoms with E-state index in [4.69, 9.17) is 0 Å². The zero-order valence-corrected chi connectivity index (χ0v) is 20.3. The molecule has 2 aromatic carbocycles. The van der Waals surface area contributed by atoms with Crippen LogP contribution in [0.1, 0.15) is 37.0 Å². The number of hydrogen-bond donors (Lipinski definition) is 1. The molecule has 2 rings (SSSR count). The predicted molar refractivity (Wildman–Crippen MR) is 128 cm³/mol. The molecule has 0 aliphatic carbocycles. The van der Waals surface area contributed by atoms with Crippen molar-refractivity contribution in [2.24, 2.45) is 0 Å². The van der Waals surface area contributed by atoms with Crippen molar-refractivity contribution >= 4 is 27.5 Å². The SMILES string of the molecule is CCc1ccc(N(CC(=O)N(Cc2cccc(C)c2)C(CC)C(=O)NC)S(C)(=O)=O)cc1. The quantitative estimate of drug-likeness (QED) is 0.592. The summed E-state index contributed by atoms with van der Waals surface area (Å²) in [6, 6.07) is 14.1. The van der Waals surface area contributed by atoms with E-state index in [1.165, 1.54) is 11.9 Å². The van der Waals surface area contributed by atoms with Crippen molar-refractivity contribution in [1.29, 1.82) is 0 Å². The smallest absolute Gasteiger partial charge is 0.244 e. The van der Waals surface area contributed by atoms with Crippen molar-refractivity contribution in [2.75, 3.05) is 24.2 Å². The first-order valence-corrected chi connectivity index (χ1v) is 12.6. The Morgan fingerprint density at radius 1 is 1.03 bits per heavy atom. The summed E-state index contributed by atoms with van der Waals surface area (Å²) in [4.78, 5) is 27.4. The lowest BCUT2D eigenvalue weighted by molar-refractivity contribution is -0.140. The number of anilines is 1. The first kappa shape index (κ1) is 25.4. The second-order valence-corrected chi connectivity index (χ2v) is 9.75. The van der Waals surface area contributed by atoms with E-state index in [9.17, 15) is 18.0 Å². The Morgan fingerprint density at radius 2 is 1.69 bits per heavy atom. The summed E-state index contributed by atoms with van der Waals surface area (Å²) in [5.41, 5.74) is 3.40. The molecule has 0 fully saturated rings. The summed E-state index contributed by atoms with van der Waals surface area (Å²) in [7, 11) is -2.19. The lowest BCUT2D eigenvalue weighted by Gasteiger charge is -2.32. The molecule has 8 heteroatoms. The Balaban J connectivity index is 2.41. The zero-order valence-electron chi connectivity index (χ0n) is 19.5. The monoisotopic (exact) mass is 459 g/mol. The van der Waals surface area contributed by atoms with E-state index in [1.54, 1.807) is 12.1 Å².